The summed E-state index contributed by atoms with van der Waals surface area (Å²) in [6.45, 7) is 4.61. The molecule has 2 N–H and O–H groups in total. The fraction of sp³-hybridized carbons (Fsp3) is 0.667. The Kier molecular flexibility index (Phi) is 3.67. The van der Waals surface area contributed by atoms with E-state index in [1.165, 1.54) is 5.57 Å². The number of hydrogen-bond donors (Lipinski definition) is 2. The highest BCUT2D eigenvalue weighted by Gasteiger charge is 2.59. The van der Waals surface area contributed by atoms with Crippen molar-refractivity contribution < 1.29 is 15.0 Å². The first-order valence-corrected chi connectivity index (χ1v) is 9.32. The van der Waals surface area contributed by atoms with Crippen LogP contribution in [0.1, 0.15) is 46.0 Å². The summed E-state index contributed by atoms with van der Waals surface area (Å²) < 4.78 is 0. The quantitative estimate of drug-likeness (QED) is 0.727. The molecule has 4 rings (SSSR count). The fourth-order valence-corrected chi connectivity index (χ4v) is 6.42. The molecule has 0 spiro atoms. The molecule has 0 bridgehead atoms. The van der Waals surface area contributed by atoms with E-state index in [-0.39, 0.29) is 35.2 Å². The van der Waals surface area contributed by atoms with Gasteiger partial charge < -0.3 is 10.2 Å². The first-order chi connectivity index (χ1) is 11.4. The third-order valence-corrected chi connectivity index (χ3v) is 7.64. The maximum Gasteiger partial charge on any atom is 0.156 e. The van der Waals surface area contributed by atoms with Crippen LogP contribution in [0.25, 0.3) is 0 Å². The van der Waals surface area contributed by atoms with Crippen molar-refractivity contribution in [2.24, 2.45) is 28.6 Å². The molecular formula is C21H28O3. The van der Waals surface area contributed by atoms with Gasteiger partial charge in [-0.2, -0.15) is 0 Å². The first-order valence-electron chi connectivity index (χ1n) is 9.32. The van der Waals surface area contributed by atoms with Crippen molar-refractivity contribution in [3.05, 3.63) is 35.5 Å². The Morgan fingerprint density at radius 1 is 1.29 bits per heavy atom. The molecule has 2 saturated carbocycles. The molecule has 0 saturated heterocycles. The summed E-state index contributed by atoms with van der Waals surface area (Å²) in [6.07, 6.45) is 12.2. The molecule has 0 heterocycles. The number of rotatable bonds is 1. The van der Waals surface area contributed by atoms with Crippen LogP contribution in [-0.4, -0.2) is 28.7 Å². The number of ketones is 1. The summed E-state index contributed by atoms with van der Waals surface area (Å²) in [6, 6.07) is 0. The number of fused-ring (bicyclic) bond motifs is 5. The Hall–Kier alpha value is -1.19. The maximum absolute atomic E-state index is 11.8. The fourth-order valence-electron chi connectivity index (χ4n) is 6.42. The maximum atomic E-state index is 11.8. The molecule has 0 unspecified atom stereocenters. The van der Waals surface area contributed by atoms with Crippen molar-refractivity contribution in [1.82, 2.24) is 0 Å². The lowest BCUT2D eigenvalue weighted by atomic mass is 9.48. The Labute approximate surface area is 144 Å². The minimum atomic E-state index is -0.358. The van der Waals surface area contributed by atoms with Gasteiger partial charge in [0.05, 0.1) is 12.7 Å². The normalized spacial score (nSPS) is 48.8. The zero-order chi connectivity index (χ0) is 17.1. The molecule has 0 aromatic carbocycles. The van der Waals surface area contributed by atoms with E-state index in [9.17, 15) is 15.0 Å². The van der Waals surface area contributed by atoms with Crippen molar-refractivity contribution in [2.45, 2.75) is 52.1 Å². The lowest BCUT2D eigenvalue weighted by molar-refractivity contribution is -0.118. The SMILES string of the molecule is C[C@]12CCC(=O)C=C1C=C[C@@H]1[C@@H]2[C@@H](O)C[C@]2(C)C(=CCO)CC[C@@H]12. The van der Waals surface area contributed by atoms with Crippen LogP contribution in [0.15, 0.2) is 35.5 Å². The van der Waals surface area contributed by atoms with Crippen LogP contribution in [0.3, 0.4) is 0 Å². The summed E-state index contributed by atoms with van der Waals surface area (Å²) in [7, 11) is 0. The van der Waals surface area contributed by atoms with Crippen LogP contribution in [0.5, 0.6) is 0 Å². The largest absolute Gasteiger partial charge is 0.393 e. The van der Waals surface area contributed by atoms with Crippen LogP contribution in [0.2, 0.25) is 0 Å². The van der Waals surface area contributed by atoms with Gasteiger partial charge in [-0.25, -0.2) is 0 Å². The van der Waals surface area contributed by atoms with Crippen LogP contribution < -0.4 is 0 Å². The van der Waals surface area contributed by atoms with Gasteiger partial charge in [0, 0.05) is 12.3 Å². The van der Waals surface area contributed by atoms with Crippen LogP contribution in [-0.2, 0) is 4.79 Å². The third kappa shape index (κ3) is 2.07. The molecule has 24 heavy (non-hydrogen) atoms. The lowest BCUT2D eigenvalue weighted by Crippen LogP contribution is -2.54. The molecule has 2 fully saturated rings. The molecule has 0 aliphatic heterocycles. The van der Waals surface area contributed by atoms with Crippen molar-refractivity contribution in [1.29, 1.82) is 0 Å². The minimum absolute atomic E-state index is 0.00425. The smallest absolute Gasteiger partial charge is 0.156 e. The Morgan fingerprint density at radius 2 is 2.08 bits per heavy atom. The molecule has 0 radical (unpaired) electrons. The number of aliphatic hydroxyl groups is 2. The second-order valence-electron chi connectivity index (χ2n) is 8.69. The van der Waals surface area contributed by atoms with Crippen molar-refractivity contribution >= 4 is 5.78 Å². The molecular weight excluding hydrogens is 300 g/mol. The van der Waals surface area contributed by atoms with Gasteiger partial charge in [-0.15, -0.1) is 0 Å². The second kappa shape index (κ2) is 5.40. The van der Waals surface area contributed by atoms with E-state index < -0.39 is 0 Å². The van der Waals surface area contributed by atoms with Gasteiger partial charge in [-0.1, -0.05) is 37.6 Å². The Morgan fingerprint density at radius 3 is 2.83 bits per heavy atom. The van der Waals surface area contributed by atoms with Gasteiger partial charge in [0.1, 0.15) is 0 Å². The third-order valence-electron chi connectivity index (χ3n) is 7.64. The van der Waals surface area contributed by atoms with E-state index >= 15 is 0 Å². The summed E-state index contributed by atoms with van der Waals surface area (Å²) in [4.78, 5) is 11.8. The molecule has 3 heteroatoms. The van der Waals surface area contributed by atoms with E-state index in [0.717, 1.165) is 31.3 Å². The summed E-state index contributed by atoms with van der Waals surface area (Å²) in [5.41, 5.74) is 2.35. The Balaban J connectivity index is 1.78. The van der Waals surface area contributed by atoms with Gasteiger partial charge in [-0.3, -0.25) is 4.79 Å². The zero-order valence-corrected chi connectivity index (χ0v) is 14.7. The van der Waals surface area contributed by atoms with E-state index in [4.69, 9.17) is 0 Å². The number of hydrogen-bond acceptors (Lipinski definition) is 3. The molecule has 3 nitrogen and oxygen atoms in total. The van der Waals surface area contributed by atoms with Crippen molar-refractivity contribution in [3.8, 4) is 0 Å². The summed E-state index contributed by atoms with van der Waals surface area (Å²) >= 11 is 0. The highest BCUT2D eigenvalue weighted by molar-refractivity contribution is 5.92. The molecule has 0 aromatic heterocycles. The number of carbonyl (C=O) groups excluding carboxylic acids is 1. The average Bonchev–Trinajstić information content (AvgIpc) is 2.84. The van der Waals surface area contributed by atoms with Gasteiger partial charge >= 0.3 is 0 Å². The van der Waals surface area contributed by atoms with Crippen LogP contribution in [0, 0.1) is 28.6 Å². The van der Waals surface area contributed by atoms with E-state index in [1.54, 1.807) is 0 Å². The molecule has 0 amide bonds. The second-order valence-corrected chi connectivity index (χ2v) is 8.69. The van der Waals surface area contributed by atoms with Crippen LogP contribution in [0.4, 0.5) is 0 Å². The molecule has 4 aliphatic carbocycles. The predicted octanol–water partition coefficient (Wildman–Crippen LogP) is 3.18. The molecule has 0 aromatic rings. The highest BCUT2D eigenvalue weighted by Crippen LogP contribution is 2.64. The average molecular weight is 328 g/mol. The van der Waals surface area contributed by atoms with Gasteiger partial charge in [-0.05, 0) is 60.0 Å². The number of aliphatic hydroxyl groups excluding tert-OH is 2. The minimum Gasteiger partial charge on any atom is -0.393 e. The molecule has 6 atom stereocenters. The Bertz CT molecular complexity index is 658. The van der Waals surface area contributed by atoms with E-state index in [0.29, 0.717) is 18.3 Å². The monoisotopic (exact) mass is 328 g/mol. The predicted molar refractivity (Wildman–Crippen MR) is 93.2 cm³/mol. The summed E-state index contributed by atoms with van der Waals surface area (Å²) in [5, 5.41) is 20.5. The highest BCUT2D eigenvalue weighted by atomic mass is 16.3. The first kappa shape index (κ1) is 16.3. The topological polar surface area (TPSA) is 57.5 Å². The zero-order valence-electron chi connectivity index (χ0n) is 14.7. The van der Waals surface area contributed by atoms with Crippen LogP contribution >= 0.6 is 0 Å². The molecule has 130 valence electrons. The van der Waals surface area contributed by atoms with Crippen molar-refractivity contribution in [3.63, 3.8) is 0 Å². The number of carbonyl (C=O) groups is 1. The number of allylic oxidation sites excluding steroid dienone is 5. The summed E-state index contributed by atoms with van der Waals surface area (Å²) in [5.74, 6) is 1.30. The standard InChI is InChI=1S/C21H28O3/c1-20-9-7-15(23)11-14(20)3-5-16-17-6-4-13(8-10-22)21(17,2)12-18(24)19(16)20/h3,5,8,11,16-19,22,24H,4,6-7,9-10,12H2,1-2H3/t16-,17-,18-,19+,20-,21+/m0/s1. The molecule has 4 aliphatic rings. The van der Waals surface area contributed by atoms with Gasteiger partial charge in [0.25, 0.3) is 0 Å². The van der Waals surface area contributed by atoms with Gasteiger partial charge in [0.2, 0.25) is 0 Å². The van der Waals surface area contributed by atoms with E-state index in [1.807, 2.05) is 12.2 Å². The van der Waals surface area contributed by atoms with Crippen molar-refractivity contribution in [2.75, 3.05) is 6.61 Å². The lowest BCUT2D eigenvalue weighted by Gasteiger charge is -2.57. The van der Waals surface area contributed by atoms with Gasteiger partial charge in [0.15, 0.2) is 5.78 Å². The van der Waals surface area contributed by atoms with E-state index in [2.05, 4.69) is 26.0 Å².